The molecule has 1 aromatic rings. The fourth-order valence-electron chi connectivity index (χ4n) is 2.14. The van der Waals surface area contributed by atoms with Crippen molar-refractivity contribution >= 4 is 5.91 Å². The zero-order valence-electron chi connectivity index (χ0n) is 10.1. The van der Waals surface area contributed by atoms with Crippen molar-refractivity contribution in [2.24, 2.45) is 0 Å². The van der Waals surface area contributed by atoms with Crippen LogP contribution in [0.2, 0.25) is 0 Å². The standard InChI is InChI=1S/C12H18N2O3/c1-16-11-8-10(17-14-11)12(15)13-9-6-4-2-3-5-7-9/h8-9H,2-7H2,1H3,(H,13,15). The lowest BCUT2D eigenvalue weighted by Crippen LogP contribution is -2.34. The summed E-state index contributed by atoms with van der Waals surface area (Å²) < 4.78 is 9.77. The van der Waals surface area contributed by atoms with Crippen LogP contribution in [0.4, 0.5) is 0 Å². The highest BCUT2D eigenvalue weighted by molar-refractivity contribution is 5.91. The first kappa shape index (κ1) is 12.0. The fraction of sp³-hybridized carbons (Fsp3) is 0.667. The molecule has 5 nitrogen and oxygen atoms in total. The molecule has 0 aromatic carbocycles. The van der Waals surface area contributed by atoms with Gasteiger partial charge in [0.05, 0.1) is 13.2 Å². The highest BCUT2D eigenvalue weighted by Gasteiger charge is 2.19. The molecular formula is C12H18N2O3. The molecule has 0 unspecified atom stereocenters. The molecule has 5 heteroatoms. The second-order valence-corrected chi connectivity index (χ2v) is 4.40. The van der Waals surface area contributed by atoms with Crippen molar-refractivity contribution in [2.75, 3.05) is 7.11 Å². The van der Waals surface area contributed by atoms with E-state index in [0.717, 1.165) is 12.8 Å². The molecule has 2 rings (SSSR count). The van der Waals surface area contributed by atoms with Crippen LogP contribution >= 0.6 is 0 Å². The summed E-state index contributed by atoms with van der Waals surface area (Å²) in [6.45, 7) is 0. The Morgan fingerprint density at radius 3 is 2.71 bits per heavy atom. The lowest BCUT2D eigenvalue weighted by Gasteiger charge is -2.14. The van der Waals surface area contributed by atoms with Gasteiger partial charge >= 0.3 is 0 Å². The van der Waals surface area contributed by atoms with Gasteiger partial charge < -0.3 is 14.6 Å². The van der Waals surface area contributed by atoms with E-state index in [9.17, 15) is 4.79 Å². The number of nitrogens with one attached hydrogen (secondary N) is 1. The molecule has 1 fully saturated rings. The third-order valence-corrected chi connectivity index (χ3v) is 3.11. The molecule has 0 atom stereocenters. The van der Waals surface area contributed by atoms with Crippen molar-refractivity contribution in [1.29, 1.82) is 0 Å². The van der Waals surface area contributed by atoms with Crippen LogP contribution in [0, 0.1) is 0 Å². The van der Waals surface area contributed by atoms with Crippen molar-refractivity contribution in [3.05, 3.63) is 11.8 Å². The number of rotatable bonds is 3. The lowest BCUT2D eigenvalue weighted by molar-refractivity contribution is 0.0895. The van der Waals surface area contributed by atoms with Gasteiger partial charge in [0, 0.05) is 6.04 Å². The van der Waals surface area contributed by atoms with Crippen molar-refractivity contribution in [3.63, 3.8) is 0 Å². The summed E-state index contributed by atoms with van der Waals surface area (Å²) in [6, 6.07) is 1.77. The van der Waals surface area contributed by atoms with E-state index in [4.69, 9.17) is 9.26 Å². The Labute approximate surface area is 101 Å². The van der Waals surface area contributed by atoms with Crippen molar-refractivity contribution in [2.45, 2.75) is 44.6 Å². The van der Waals surface area contributed by atoms with Crippen molar-refractivity contribution in [3.8, 4) is 5.88 Å². The third kappa shape index (κ3) is 3.22. The number of methoxy groups -OCH3 is 1. The normalized spacial score (nSPS) is 17.5. The quantitative estimate of drug-likeness (QED) is 0.819. The van der Waals surface area contributed by atoms with Crippen LogP contribution in [0.3, 0.4) is 0 Å². The Kier molecular flexibility index (Phi) is 4.01. The van der Waals surface area contributed by atoms with E-state index in [1.54, 1.807) is 0 Å². The van der Waals surface area contributed by atoms with Gasteiger partial charge in [-0.05, 0) is 18.0 Å². The fourth-order valence-corrected chi connectivity index (χ4v) is 2.14. The predicted molar refractivity (Wildman–Crippen MR) is 62.0 cm³/mol. The van der Waals surface area contributed by atoms with E-state index < -0.39 is 0 Å². The molecule has 1 aliphatic rings. The first-order valence-corrected chi connectivity index (χ1v) is 6.11. The number of hydrogen-bond donors (Lipinski definition) is 1. The number of aromatic nitrogens is 1. The molecule has 1 saturated carbocycles. The molecule has 1 amide bonds. The second-order valence-electron chi connectivity index (χ2n) is 4.40. The maximum atomic E-state index is 11.9. The summed E-state index contributed by atoms with van der Waals surface area (Å²) in [6.07, 6.45) is 7.01. The van der Waals surface area contributed by atoms with Gasteiger partial charge in [0.15, 0.2) is 0 Å². The molecule has 0 spiro atoms. The van der Waals surface area contributed by atoms with E-state index in [2.05, 4.69) is 10.5 Å². The van der Waals surface area contributed by atoms with Gasteiger partial charge in [-0.15, -0.1) is 0 Å². The summed E-state index contributed by atoms with van der Waals surface area (Å²) in [7, 11) is 1.49. The van der Waals surface area contributed by atoms with E-state index in [1.165, 1.54) is 38.9 Å². The van der Waals surface area contributed by atoms with E-state index in [0.29, 0.717) is 5.88 Å². The first-order chi connectivity index (χ1) is 8.29. The number of amides is 1. The molecule has 0 saturated heterocycles. The Bertz CT molecular complexity index is 368. The van der Waals surface area contributed by atoms with Crippen LogP contribution in [0.25, 0.3) is 0 Å². The highest BCUT2D eigenvalue weighted by atomic mass is 16.5. The number of ether oxygens (including phenoxy) is 1. The average Bonchev–Trinajstić information content (AvgIpc) is 2.68. The number of carbonyl (C=O) groups excluding carboxylic acids is 1. The third-order valence-electron chi connectivity index (χ3n) is 3.11. The van der Waals surface area contributed by atoms with Crippen LogP contribution < -0.4 is 10.1 Å². The van der Waals surface area contributed by atoms with Gasteiger partial charge in [0.2, 0.25) is 5.76 Å². The topological polar surface area (TPSA) is 64.4 Å². The maximum Gasteiger partial charge on any atom is 0.290 e. The highest BCUT2D eigenvalue weighted by Crippen LogP contribution is 2.18. The average molecular weight is 238 g/mol. The molecular weight excluding hydrogens is 220 g/mol. The number of nitrogens with zero attached hydrogens (tertiary/aromatic N) is 1. The van der Waals surface area contributed by atoms with E-state index >= 15 is 0 Å². The number of carbonyl (C=O) groups is 1. The Balaban J connectivity index is 1.91. The molecule has 94 valence electrons. The molecule has 17 heavy (non-hydrogen) atoms. The molecule has 0 aliphatic heterocycles. The molecule has 0 bridgehead atoms. The maximum absolute atomic E-state index is 11.9. The molecule has 1 aromatic heterocycles. The van der Waals surface area contributed by atoms with Crippen LogP contribution in [-0.2, 0) is 0 Å². The van der Waals surface area contributed by atoms with Gasteiger partial charge in [-0.25, -0.2) is 0 Å². The minimum Gasteiger partial charge on any atom is -0.479 e. The molecule has 1 heterocycles. The monoisotopic (exact) mass is 238 g/mol. The summed E-state index contributed by atoms with van der Waals surface area (Å²) in [5, 5.41) is 6.59. The van der Waals surface area contributed by atoms with Crippen molar-refractivity contribution < 1.29 is 14.1 Å². The van der Waals surface area contributed by atoms with Gasteiger partial charge in [-0.2, -0.15) is 0 Å². The zero-order valence-corrected chi connectivity index (χ0v) is 10.1. The van der Waals surface area contributed by atoms with Crippen molar-refractivity contribution in [1.82, 2.24) is 10.5 Å². The van der Waals surface area contributed by atoms with Crippen LogP contribution in [0.5, 0.6) is 5.88 Å². The van der Waals surface area contributed by atoms with Crippen LogP contribution in [-0.4, -0.2) is 24.2 Å². The van der Waals surface area contributed by atoms with Gasteiger partial charge in [0.25, 0.3) is 11.8 Å². The predicted octanol–water partition coefficient (Wildman–Crippen LogP) is 2.14. The smallest absolute Gasteiger partial charge is 0.290 e. The van der Waals surface area contributed by atoms with Gasteiger partial charge in [-0.3, -0.25) is 4.79 Å². The molecule has 1 aliphatic carbocycles. The lowest BCUT2D eigenvalue weighted by atomic mass is 10.1. The summed E-state index contributed by atoms with van der Waals surface area (Å²) in [4.78, 5) is 11.9. The summed E-state index contributed by atoms with van der Waals surface area (Å²) in [5.41, 5.74) is 0. The van der Waals surface area contributed by atoms with Crippen LogP contribution in [0.1, 0.15) is 49.1 Å². The second kappa shape index (κ2) is 5.70. The van der Waals surface area contributed by atoms with E-state index in [-0.39, 0.29) is 17.7 Å². The number of hydrogen-bond acceptors (Lipinski definition) is 4. The first-order valence-electron chi connectivity index (χ1n) is 6.11. The Hall–Kier alpha value is -1.52. The SMILES string of the molecule is COc1cc(C(=O)NC2CCCCCC2)on1. The molecule has 0 radical (unpaired) electrons. The minimum absolute atomic E-state index is 0.201. The zero-order chi connectivity index (χ0) is 12.1. The largest absolute Gasteiger partial charge is 0.479 e. The van der Waals surface area contributed by atoms with E-state index in [1.807, 2.05) is 0 Å². The molecule has 1 N–H and O–H groups in total. The Morgan fingerprint density at radius 1 is 1.41 bits per heavy atom. The van der Waals surface area contributed by atoms with Crippen LogP contribution in [0.15, 0.2) is 10.6 Å². The minimum atomic E-state index is -0.201. The van der Waals surface area contributed by atoms with Gasteiger partial charge in [-0.1, -0.05) is 25.7 Å². The van der Waals surface area contributed by atoms with Gasteiger partial charge in [0.1, 0.15) is 0 Å². The Morgan fingerprint density at radius 2 is 2.12 bits per heavy atom. The summed E-state index contributed by atoms with van der Waals surface area (Å²) >= 11 is 0. The summed E-state index contributed by atoms with van der Waals surface area (Å²) in [5.74, 6) is 0.342.